The van der Waals surface area contributed by atoms with E-state index in [2.05, 4.69) is 10.6 Å². The molecule has 0 spiro atoms. The van der Waals surface area contributed by atoms with Crippen molar-refractivity contribution in [3.8, 4) is 0 Å². The van der Waals surface area contributed by atoms with Crippen LogP contribution in [0.1, 0.15) is 75.7 Å². The SMILES string of the molecule is COC(=O)NC(C(=O)NC(C)CCCC(CO)N(C(C)C)S(=O)c1ccc(C(C)O)cc1)C(c1ccccc1)c1ccccc1. The zero-order chi connectivity index (χ0) is 32.9. The number of carbonyl (C=O) groups excluding carboxylic acids is 2. The van der Waals surface area contributed by atoms with E-state index >= 15 is 0 Å². The van der Waals surface area contributed by atoms with Gasteiger partial charge in [-0.15, -0.1) is 0 Å². The van der Waals surface area contributed by atoms with E-state index in [-0.39, 0.29) is 30.6 Å². The van der Waals surface area contributed by atoms with Crippen LogP contribution in [0.5, 0.6) is 0 Å². The van der Waals surface area contributed by atoms with E-state index in [0.717, 1.165) is 16.7 Å². The molecule has 0 heterocycles. The maximum absolute atomic E-state index is 13.8. The molecule has 0 aromatic heterocycles. The number of hydrogen-bond donors (Lipinski definition) is 4. The summed E-state index contributed by atoms with van der Waals surface area (Å²) in [5.41, 5.74) is 2.49. The Hall–Kier alpha value is -3.57. The van der Waals surface area contributed by atoms with Gasteiger partial charge in [0, 0.05) is 24.0 Å². The van der Waals surface area contributed by atoms with Gasteiger partial charge in [-0.1, -0.05) is 72.8 Å². The number of rotatable bonds is 16. The van der Waals surface area contributed by atoms with E-state index in [1.54, 1.807) is 35.5 Å². The van der Waals surface area contributed by atoms with Crippen LogP contribution in [0.15, 0.2) is 89.8 Å². The summed E-state index contributed by atoms with van der Waals surface area (Å²) < 4.78 is 20.2. The second kappa shape index (κ2) is 17.8. The van der Waals surface area contributed by atoms with Crippen molar-refractivity contribution in [2.75, 3.05) is 13.7 Å². The fourth-order valence-corrected chi connectivity index (χ4v) is 6.92. The van der Waals surface area contributed by atoms with Gasteiger partial charge in [0.1, 0.15) is 17.0 Å². The molecule has 3 aromatic carbocycles. The normalized spacial score (nSPS) is 14.9. The highest BCUT2D eigenvalue weighted by molar-refractivity contribution is 7.82. The summed E-state index contributed by atoms with van der Waals surface area (Å²) >= 11 is 0. The third-order valence-corrected chi connectivity index (χ3v) is 9.57. The number of alkyl carbamates (subject to hydrolysis) is 1. The van der Waals surface area contributed by atoms with Gasteiger partial charge in [-0.25, -0.2) is 13.3 Å². The topological polar surface area (TPSA) is 128 Å². The van der Waals surface area contributed by atoms with Crippen LogP contribution >= 0.6 is 0 Å². The Labute approximate surface area is 269 Å². The van der Waals surface area contributed by atoms with Gasteiger partial charge in [-0.05, 0) is 75.8 Å². The standard InChI is InChI=1S/C35H47N3O6S/c1-24(2)38(45(43)31-21-19-27(20-22-31)26(4)40)30(23-39)18-12-13-25(3)36-34(41)33(37-35(42)44-5)32(28-14-8-6-9-15-28)29-16-10-7-11-17-29/h6-11,14-17,19-22,24-26,30,32-33,39-40H,12-13,18,23H2,1-5H3,(H,36,41)(H,37,42). The molecule has 2 amide bonds. The van der Waals surface area contributed by atoms with Crippen LogP contribution in [0.4, 0.5) is 4.79 Å². The Kier molecular flexibility index (Phi) is 14.2. The fourth-order valence-electron chi connectivity index (χ4n) is 5.48. The number of benzene rings is 3. The number of nitrogens with one attached hydrogen (secondary N) is 2. The fraction of sp³-hybridized carbons (Fsp3) is 0.429. The van der Waals surface area contributed by atoms with Gasteiger partial charge in [0.25, 0.3) is 0 Å². The zero-order valence-corrected chi connectivity index (χ0v) is 27.6. The summed E-state index contributed by atoms with van der Waals surface area (Å²) in [6.07, 6.45) is 0.510. The molecule has 0 aliphatic heterocycles. The number of nitrogens with zero attached hydrogens (tertiary/aromatic N) is 1. The number of ether oxygens (including phenoxy) is 1. The molecule has 10 heteroatoms. The molecule has 0 saturated carbocycles. The van der Waals surface area contributed by atoms with Gasteiger partial charge >= 0.3 is 6.09 Å². The molecule has 0 bridgehead atoms. The molecule has 5 unspecified atom stereocenters. The van der Waals surface area contributed by atoms with Crippen LogP contribution in [0.25, 0.3) is 0 Å². The largest absolute Gasteiger partial charge is 0.453 e. The van der Waals surface area contributed by atoms with Crippen molar-refractivity contribution in [3.63, 3.8) is 0 Å². The first-order valence-corrected chi connectivity index (χ1v) is 16.5. The van der Waals surface area contributed by atoms with E-state index in [1.807, 2.05) is 81.4 Å². The highest BCUT2D eigenvalue weighted by Crippen LogP contribution is 2.29. The predicted molar refractivity (Wildman–Crippen MR) is 177 cm³/mol. The van der Waals surface area contributed by atoms with Crippen molar-refractivity contribution >= 4 is 23.0 Å². The molecular weight excluding hydrogens is 590 g/mol. The molecule has 0 saturated heterocycles. The third-order valence-electron chi connectivity index (χ3n) is 7.79. The van der Waals surface area contributed by atoms with Crippen molar-refractivity contribution in [1.29, 1.82) is 0 Å². The first-order chi connectivity index (χ1) is 21.6. The molecule has 45 heavy (non-hydrogen) atoms. The number of aliphatic hydroxyl groups is 2. The average Bonchev–Trinajstić information content (AvgIpc) is 3.04. The Bertz CT molecular complexity index is 1320. The first kappa shape index (κ1) is 35.9. The van der Waals surface area contributed by atoms with Gasteiger partial charge in [0.05, 0.1) is 24.7 Å². The van der Waals surface area contributed by atoms with E-state index < -0.39 is 35.1 Å². The minimum Gasteiger partial charge on any atom is -0.453 e. The molecule has 3 rings (SSSR count). The quantitative estimate of drug-likeness (QED) is 0.174. The minimum absolute atomic E-state index is 0.102. The van der Waals surface area contributed by atoms with Crippen molar-refractivity contribution in [2.45, 2.75) is 88.0 Å². The minimum atomic E-state index is -1.51. The molecular formula is C35H47N3O6S. The second-order valence-electron chi connectivity index (χ2n) is 11.5. The van der Waals surface area contributed by atoms with Crippen LogP contribution in [-0.2, 0) is 20.5 Å². The summed E-state index contributed by atoms with van der Waals surface area (Å²) in [5.74, 6) is -0.795. The maximum atomic E-state index is 13.8. The first-order valence-electron chi connectivity index (χ1n) is 15.4. The van der Waals surface area contributed by atoms with E-state index in [0.29, 0.717) is 24.2 Å². The number of hydrogen-bond acceptors (Lipinski definition) is 6. The van der Waals surface area contributed by atoms with Gasteiger partial charge in [0.2, 0.25) is 5.91 Å². The van der Waals surface area contributed by atoms with Crippen molar-refractivity contribution in [1.82, 2.24) is 14.9 Å². The average molecular weight is 638 g/mol. The number of methoxy groups -OCH3 is 1. The van der Waals surface area contributed by atoms with Crippen LogP contribution in [0, 0.1) is 0 Å². The van der Waals surface area contributed by atoms with E-state index in [9.17, 15) is 24.0 Å². The van der Waals surface area contributed by atoms with Crippen LogP contribution < -0.4 is 10.6 Å². The number of amides is 2. The summed E-state index contributed by atoms with van der Waals surface area (Å²) in [7, 11) is -0.244. The molecule has 0 aliphatic rings. The summed E-state index contributed by atoms with van der Waals surface area (Å²) in [5, 5.41) is 25.9. The zero-order valence-electron chi connectivity index (χ0n) is 26.8. The summed E-state index contributed by atoms with van der Waals surface area (Å²) in [6.45, 7) is 7.30. The molecule has 0 radical (unpaired) electrons. The molecule has 0 aliphatic carbocycles. The van der Waals surface area contributed by atoms with Crippen LogP contribution in [0.3, 0.4) is 0 Å². The molecule has 5 atom stereocenters. The Morgan fingerprint density at radius 1 is 0.822 bits per heavy atom. The molecule has 9 nitrogen and oxygen atoms in total. The third kappa shape index (κ3) is 10.2. The van der Waals surface area contributed by atoms with Gasteiger partial charge in [0.15, 0.2) is 0 Å². The van der Waals surface area contributed by atoms with Crippen LogP contribution in [0.2, 0.25) is 0 Å². The van der Waals surface area contributed by atoms with Crippen molar-refractivity contribution in [2.24, 2.45) is 0 Å². The lowest BCUT2D eigenvalue weighted by Crippen LogP contribution is -2.52. The Morgan fingerprint density at radius 2 is 1.38 bits per heavy atom. The lowest BCUT2D eigenvalue weighted by Gasteiger charge is -2.33. The summed E-state index contributed by atoms with van der Waals surface area (Å²) in [6, 6.07) is 24.5. The Balaban J connectivity index is 1.70. The maximum Gasteiger partial charge on any atom is 0.407 e. The molecule has 4 N–H and O–H groups in total. The number of carbonyl (C=O) groups is 2. The lowest BCUT2D eigenvalue weighted by atomic mass is 9.84. The van der Waals surface area contributed by atoms with Gasteiger partial charge < -0.3 is 25.6 Å². The summed E-state index contributed by atoms with van der Waals surface area (Å²) in [4.78, 5) is 26.8. The lowest BCUT2D eigenvalue weighted by molar-refractivity contribution is -0.124. The van der Waals surface area contributed by atoms with E-state index in [4.69, 9.17) is 4.74 Å². The van der Waals surface area contributed by atoms with Crippen molar-refractivity contribution in [3.05, 3.63) is 102 Å². The monoisotopic (exact) mass is 637 g/mol. The highest BCUT2D eigenvalue weighted by atomic mass is 32.2. The van der Waals surface area contributed by atoms with Crippen LogP contribution in [-0.4, -0.2) is 68.6 Å². The second-order valence-corrected chi connectivity index (χ2v) is 12.9. The van der Waals surface area contributed by atoms with E-state index in [1.165, 1.54) is 7.11 Å². The molecule has 244 valence electrons. The predicted octanol–water partition coefficient (Wildman–Crippen LogP) is 5.07. The number of aliphatic hydroxyl groups excluding tert-OH is 2. The van der Waals surface area contributed by atoms with Crippen molar-refractivity contribution < 1.29 is 28.7 Å². The van der Waals surface area contributed by atoms with Gasteiger partial charge in [-0.3, -0.25) is 4.79 Å². The molecule has 3 aromatic rings. The molecule has 0 fully saturated rings. The van der Waals surface area contributed by atoms with Gasteiger partial charge in [-0.2, -0.15) is 0 Å². The highest BCUT2D eigenvalue weighted by Gasteiger charge is 2.33. The Morgan fingerprint density at radius 3 is 1.84 bits per heavy atom. The smallest absolute Gasteiger partial charge is 0.407 e.